The maximum atomic E-state index is 11.5. The Balaban J connectivity index is 2.44. The van der Waals surface area contributed by atoms with Gasteiger partial charge in [-0.2, -0.15) is 0 Å². The smallest absolute Gasteiger partial charge is 0.348 e. The molecule has 2 aromatic rings. The minimum absolute atomic E-state index is 0.340. The Hall–Kier alpha value is -1.40. The summed E-state index contributed by atoms with van der Waals surface area (Å²) < 4.78 is 5.80. The van der Waals surface area contributed by atoms with Gasteiger partial charge in [0, 0.05) is 10.8 Å². The van der Waals surface area contributed by atoms with Crippen molar-refractivity contribution in [2.75, 3.05) is 6.61 Å². The molecule has 16 heavy (non-hydrogen) atoms. The zero-order valence-corrected chi connectivity index (χ0v) is 10.1. The Kier molecular flexibility index (Phi) is 2.93. The van der Waals surface area contributed by atoms with Crippen molar-refractivity contribution in [3.8, 4) is 0 Å². The molecule has 0 unspecified atom stereocenters. The molecule has 0 aromatic carbocycles. The first-order chi connectivity index (χ1) is 7.63. The number of fused-ring (bicyclic) bond motifs is 1. The Morgan fingerprint density at radius 3 is 2.88 bits per heavy atom. The topological polar surface area (TPSA) is 69.4 Å². The van der Waals surface area contributed by atoms with Gasteiger partial charge in [-0.15, -0.1) is 22.7 Å². The molecule has 0 spiro atoms. The molecule has 2 aromatic heterocycles. The summed E-state index contributed by atoms with van der Waals surface area (Å²) in [6.45, 7) is 2.09. The van der Waals surface area contributed by atoms with Gasteiger partial charge in [-0.1, -0.05) is 0 Å². The largest absolute Gasteiger partial charge is 0.462 e. The van der Waals surface area contributed by atoms with Crippen LogP contribution in [-0.4, -0.2) is 18.5 Å². The fraction of sp³-hybridized carbons (Fsp3) is 0.200. The molecule has 0 bridgehead atoms. The van der Waals surface area contributed by atoms with Crippen molar-refractivity contribution in [2.24, 2.45) is 5.73 Å². The SMILES string of the molecule is CCOC(=O)c1cc2c(C(N)=O)csc2s1. The molecule has 1 amide bonds. The lowest BCUT2D eigenvalue weighted by Gasteiger charge is -1.96. The van der Waals surface area contributed by atoms with Crippen LogP contribution < -0.4 is 5.73 Å². The second-order valence-electron chi connectivity index (χ2n) is 3.05. The number of amides is 1. The Labute approximate surface area is 99.6 Å². The van der Waals surface area contributed by atoms with Crippen molar-refractivity contribution in [2.45, 2.75) is 6.92 Å². The molecule has 0 saturated carbocycles. The van der Waals surface area contributed by atoms with Crippen LogP contribution >= 0.6 is 22.7 Å². The van der Waals surface area contributed by atoms with E-state index in [2.05, 4.69) is 0 Å². The standard InChI is InChI=1S/C10H9NO3S2/c1-2-14-9(13)7-3-5-6(8(11)12)4-15-10(5)16-7/h3-4H,2H2,1H3,(H2,11,12). The van der Waals surface area contributed by atoms with Gasteiger partial charge >= 0.3 is 5.97 Å². The second-order valence-corrected chi connectivity index (χ2v) is 5.24. The van der Waals surface area contributed by atoms with Crippen molar-refractivity contribution in [1.82, 2.24) is 0 Å². The van der Waals surface area contributed by atoms with Crippen LogP contribution in [0.25, 0.3) is 9.40 Å². The first kappa shape index (κ1) is 11.1. The second kappa shape index (κ2) is 4.23. The van der Waals surface area contributed by atoms with Gasteiger partial charge in [0.2, 0.25) is 5.91 Å². The molecule has 2 rings (SSSR count). The zero-order valence-electron chi connectivity index (χ0n) is 8.48. The molecule has 0 aliphatic rings. The Bertz CT molecular complexity index is 555. The van der Waals surface area contributed by atoms with Gasteiger partial charge < -0.3 is 10.5 Å². The predicted octanol–water partition coefficient (Wildman–Crippen LogP) is 2.24. The summed E-state index contributed by atoms with van der Waals surface area (Å²) in [5.74, 6) is -0.828. The summed E-state index contributed by atoms with van der Waals surface area (Å²) >= 11 is 2.73. The normalized spacial score (nSPS) is 10.6. The summed E-state index contributed by atoms with van der Waals surface area (Å²) in [7, 11) is 0. The third-order valence-corrected chi connectivity index (χ3v) is 4.25. The number of carbonyl (C=O) groups excluding carboxylic acids is 2. The van der Waals surface area contributed by atoms with Gasteiger partial charge in [-0.05, 0) is 13.0 Å². The molecular formula is C10H9NO3S2. The number of rotatable bonds is 3. The van der Waals surface area contributed by atoms with Crippen LogP contribution in [0.3, 0.4) is 0 Å². The van der Waals surface area contributed by atoms with E-state index in [0.29, 0.717) is 17.0 Å². The number of ether oxygens (including phenoxy) is 1. The summed E-state index contributed by atoms with van der Waals surface area (Å²) in [6, 6.07) is 1.66. The third kappa shape index (κ3) is 1.81. The van der Waals surface area contributed by atoms with Crippen LogP contribution in [0.4, 0.5) is 0 Å². The van der Waals surface area contributed by atoms with Gasteiger partial charge in [0.05, 0.1) is 16.2 Å². The minimum atomic E-state index is -0.473. The maximum Gasteiger partial charge on any atom is 0.348 e. The van der Waals surface area contributed by atoms with E-state index in [4.69, 9.17) is 10.5 Å². The summed E-state index contributed by atoms with van der Waals surface area (Å²) in [5.41, 5.74) is 5.69. The lowest BCUT2D eigenvalue weighted by molar-refractivity contribution is 0.0532. The summed E-state index contributed by atoms with van der Waals surface area (Å²) in [4.78, 5) is 23.1. The molecule has 0 aliphatic carbocycles. The van der Waals surface area contributed by atoms with Crippen molar-refractivity contribution in [3.05, 3.63) is 21.9 Å². The third-order valence-electron chi connectivity index (χ3n) is 2.01. The Morgan fingerprint density at radius 2 is 2.25 bits per heavy atom. The van der Waals surface area contributed by atoms with Crippen LogP contribution in [0.5, 0.6) is 0 Å². The molecular weight excluding hydrogens is 246 g/mol. The molecule has 2 heterocycles. The number of thiophene rings is 2. The molecule has 84 valence electrons. The molecule has 0 aliphatic heterocycles. The summed E-state index contributed by atoms with van der Waals surface area (Å²) in [5, 5.41) is 2.45. The molecule has 4 nitrogen and oxygen atoms in total. The van der Waals surface area contributed by atoms with Crippen LogP contribution in [0, 0.1) is 0 Å². The van der Waals surface area contributed by atoms with Gasteiger partial charge in [0.15, 0.2) is 0 Å². The highest BCUT2D eigenvalue weighted by Crippen LogP contribution is 2.34. The quantitative estimate of drug-likeness (QED) is 0.855. The van der Waals surface area contributed by atoms with Crippen LogP contribution in [0.1, 0.15) is 27.0 Å². The molecule has 2 N–H and O–H groups in total. The maximum absolute atomic E-state index is 11.5. The highest BCUT2D eigenvalue weighted by atomic mass is 32.2. The molecule has 6 heteroatoms. The van der Waals surface area contributed by atoms with E-state index in [0.717, 1.165) is 9.40 Å². The lowest BCUT2D eigenvalue weighted by atomic mass is 10.2. The number of primary amides is 1. The van der Waals surface area contributed by atoms with E-state index in [1.165, 1.54) is 22.7 Å². The van der Waals surface area contributed by atoms with Gasteiger partial charge in [-0.25, -0.2) is 4.79 Å². The van der Waals surface area contributed by atoms with Gasteiger partial charge in [0.25, 0.3) is 0 Å². The predicted molar refractivity (Wildman–Crippen MR) is 64.2 cm³/mol. The fourth-order valence-corrected chi connectivity index (χ4v) is 3.49. The number of esters is 1. The minimum Gasteiger partial charge on any atom is -0.462 e. The average Bonchev–Trinajstić information content (AvgIpc) is 2.74. The fourth-order valence-electron chi connectivity index (χ4n) is 1.32. The highest BCUT2D eigenvalue weighted by molar-refractivity contribution is 7.38. The van der Waals surface area contributed by atoms with Crippen molar-refractivity contribution in [3.63, 3.8) is 0 Å². The van der Waals surface area contributed by atoms with E-state index in [-0.39, 0.29) is 5.97 Å². The number of hydrogen-bond acceptors (Lipinski definition) is 5. The molecule has 0 fully saturated rings. The van der Waals surface area contributed by atoms with Crippen molar-refractivity contribution < 1.29 is 14.3 Å². The van der Waals surface area contributed by atoms with Crippen LogP contribution in [-0.2, 0) is 4.74 Å². The van der Waals surface area contributed by atoms with Crippen LogP contribution in [0.15, 0.2) is 11.4 Å². The van der Waals surface area contributed by atoms with Crippen molar-refractivity contribution >= 4 is 43.9 Å². The highest BCUT2D eigenvalue weighted by Gasteiger charge is 2.16. The number of carbonyl (C=O) groups is 2. The van der Waals surface area contributed by atoms with Crippen LogP contribution in [0.2, 0.25) is 0 Å². The number of nitrogens with two attached hydrogens (primary N) is 1. The molecule has 0 atom stereocenters. The monoisotopic (exact) mass is 255 g/mol. The van der Waals surface area contributed by atoms with Crippen molar-refractivity contribution in [1.29, 1.82) is 0 Å². The van der Waals surface area contributed by atoms with Gasteiger partial charge in [0.1, 0.15) is 4.88 Å². The van der Waals surface area contributed by atoms with E-state index in [1.807, 2.05) is 0 Å². The molecule has 0 saturated heterocycles. The van der Waals surface area contributed by atoms with E-state index < -0.39 is 5.91 Å². The average molecular weight is 255 g/mol. The first-order valence-electron chi connectivity index (χ1n) is 4.61. The Morgan fingerprint density at radius 1 is 1.50 bits per heavy atom. The zero-order chi connectivity index (χ0) is 11.7. The first-order valence-corrected chi connectivity index (χ1v) is 6.31. The van der Waals surface area contributed by atoms with E-state index >= 15 is 0 Å². The lowest BCUT2D eigenvalue weighted by Crippen LogP contribution is -2.09. The van der Waals surface area contributed by atoms with E-state index in [1.54, 1.807) is 18.4 Å². The number of hydrogen-bond donors (Lipinski definition) is 1. The van der Waals surface area contributed by atoms with E-state index in [9.17, 15) is 9.59 Å². The van der Waals surface area contributed by atoms with Gasteiger partial charge in [-0.3, -0.25) is 4.79 Å². The summed E-state index contributed by atoms with van der Waals surface area (Å²) in [6.07, 6.45) is 0. The molecule has 0 radical (unpaired) electrons.